The van der Waals surface area contributed by atoms with E-state index in [9.17, 15) is 18.0 Å². The molecular weight excluding hydrogens is 329 g/mol. The Morgan fingerprint density at radius 3 is 2.57 bits per heavy atom. The lowest BCUT2D eigenvalue weighted by Gasteiger charge is -2.13. The van der Waals surface area contributed by atoms with Crippen LogP contribution in [0.15, 0.2) is 35.5 Å². The molecule has 1 heterocycles. The molecule has 0 bridgehead atoms. The van der Waals surface area contributed by atoms with Crippen LogP contribution in [0.2, 0.25) is 0 Å². The van der Waals surface area contributed by atoms with Crippen LogP contribution in [-0.4, -0.2) is 38.6 Å². The number of amides is 1. The van der Waals surface area contributed by atoms with E-state index < -0.39 is 23.9 Å². The molecule has 2 aromatic rings. The Hall–Kier alpha value is -2.03. The summed E-state index contributed by atoms with van der Waals surface area (Å²) in [5.41, 5.74) is 0.864. The number of halogens is 3. The zero-order chi connectivity index (χ0) is 17.0. The quantitative estimate of drug-likeness (QED) is 0.847. The van der Waals surface area contributed by atoms with Crippen molar-refractivity contribution in [2.45, 2.75) is 23.5 Å². The van der Waals surface area contributed by atoms with E-state index in [4.69, 9.17) is 0 Å². The molecule has 0 saturated heterocycles. The van der Waals surface area contributed by atoms with Crippen molar-refractivity contribution in [3.8, 4) is 11.4 Å². The van der Waals surface area contributed by atoms with Crippen molar-refractivity contribution in [1.82, 2.24) is 20.1 Å². The summed E-state index contributed by atoms with van der Waals surface area (Å²) in [7, 11) is 1.74. The van der Waals surface area contributed by atoms with Gasteiger partial charge < -0.3 is 9.88 Å². The van der Waals surface area contributed by atoms with Crippen molar-refractivity contribution in [3.05, 3.63) is 30.3 Å². The molecule has 0 saturated carbocycles. The second-order valence-electron chi connectivity index (χ2n) is 4.82. The van der Waals surface area contributed by atoms with Gasteiger partial charge in [0, 0.05) is 12.6 Å². The van der Waals surface area contributed by atoms with E-state index in [2.05, 4.69) is 10.2 Å². The molecule has 124 valence electrons. The fraction of sp³-hybridized carbons (Fsp3) is 0.357. The van der Waals surface area contributed by atoms with E-state index in [0.29, 0.717) is 11.0 Å². The number of rotatable bonds is 5. The minimum Gasteiger partial charge on any atom is -0.346 e. The maximum atomic E-state index is 12.1. The average molecular weight is 344 g/mol. The first-order chi connectivity index (χ1) is 10.8. The predicted octanol–water partition coefficient (Wildman–Crippen LogP) is 2.64. The molecular formula is C14H15F3N4OS. The van der Waals surface area contributed by atoms with Gasteiger partial charge in [0.2, 0.25) is 5.91 Å². The summed E-state index contributed by atoms with van der Waals surface area (Å²) >= 11 is 1.05. The Kier molecular flexibility index (Phi) is 5.30. The summed E-state index contributed by atoms with van der Waals surface area (Å²) in [5.74, 6) is -0.0763. The lowest BCUT2D eigenvalue weighted by atomic mass is 10.2. The molecule has 1 atom stereocenters. The van der Waals surface area contributed by atoms with E-state index in [1.54, 1.807) is 11.6 Å². The van der Waals surface area contributed by atoms with E-state index in [0.717, 1.165) is 17.3 Å². The Bertz CT molecular complexity index is 672. The third-order valence-corrected chi connectivity index (χ3v) is 4.12. The van der Waals surface area contributed by atoms with Gasteiger partial charge in [-0.05, 0) is 6.92 Å². The standard InChI is InChI=1S/C14H15F3N4OS/c1-9(12(22)18-8-14(15,16)17)23-13-20-19-11(21(13)2)10-6-4-3-5-7-10/h3-7,9H,8H2,1-2H3,(H,18,22)/t9-/m1/s1. The van der Waals surface area contributed by atoms with Crippen molar-refractivity contribution in [2.24, 2.45) is 7.05 Å². The number of thioether (sulfide) groups is 1. The zero-order valence-electron chi connectivity index (χ0n) is 12.5. The Balaban J connectivity index is 2.03. The number of benzene rings is 1. The maximum absolute atomic E-state index is 12.1. The summed E-state index contributed by atoms with van der Waals surface area (Å²) in [4.78, 5) is 11.7. The van der Waals surface area contributed by atoms with Crippen LogP contribution in [0, 0.1) is 0 Å². The summed E-state index contributed by atoms with van der Waals surface area (Å²) in [6, 6.07) is 9.35. The highest BCUT2D eigenvalue weighted by Crippen LogP contribution is 2.25. The van der Waals surface area contributed by atoms with Crippen molar-refractivity contribution in [1.29, 1.82) is 0 Å². The van der Waals surface area contributed by atoms with Gasteiger partial charge in [-0.1, -0.05) is 42.1 Å². The number of carbonyl (C=O) groups excluding carboxylic acids is 1. The lowest BCUT2D eigenvalue weighted by molar-refractivity contribution is -0.137. The summed E-state index contributed by atoms with van der Waals surface area (Å²) in [5, 5.41) is 9.66. The van der Waals surface area contributed by atoms with Gasteiger partial charge in [0.15, 0.2) is 11.0 Å². The molecule has 2 rings (SSSR count). The summed E-state index contributed by atoms with van der Waals surface area (Å²) in [6.45, 7) is 0.179. The highest BCUT2D eigenvalue weighted by molar-refractivity contribution is 8.00. The third-order valence-electron chi connectivity index (χ3n) is 2.98. The van der Waals surface area contributed by atoms with Gasteiger partial charge in [-0.2, -0.15) is 13.2 Å². The Morgan fingerprint density at radius 1 is 1.30 bits per heavy atom. The molecule has 1 N–H and O–H groups in total. The molecule has 0 fully saturated rings. The molecule has 0 spiro atoms. The number of aromatic nitrogens is 3. The largest absolute Gasteiger partial charge is 0.405 e. The minimum atomic E-state index is -4.43. The molecule has 1 aromatic heterocycles. The van der Waals surface area contributed by atoms with Gasteiger partial charge >= 0.3 is 6.18 Å². The topological polar surface area (TPSA) is 59.8 Å². The molecule has 23 heavy (non-hydrogen) atoms. The highest BCUT2D eigenvalue weighted by Gasteiger charge is 2.29. The van der Waals surface area contributed by atoms with Crippen LogP contribution >= 0.6 is 11.8 Å². The van der Waals surface area contributed by atoms with E-state index in [1.807, 2.05) is 35.6 Å². The minimum absolute atomic E-state index is 0.457. The molecule has 9 heteroatoms. The van der Waals surface area contributed by atoms with Crippen LogP contribution in [0.25, 0.3) is 11.4 Å². The Labute approximate surface area is 135 Å². The highest BCUT2D eigenvalue weighted by atomic mass is 32.2. The second kappa shape index (κ2) is 7.03. The summed E-state index contributed by atoms with van der Waals surface area (Å²) in [6.07, 6.45) is -4.43. The second-order valence-corrected chi connectivity index (χ2v) is 6.13. The Morgan fingerprint density at radius 2 is 1.96 bits per heavy atom. The molecule has 0 aliphatic heterocycles. The van der Waals surface area contributed by atoms with Gasteiger partial charge in [-0.25, -0.2) is 0 Å². The van der Waals surface area contributed by atoms with Crippen LogP contribution in [0.4, 0.5) is 13.2 Å². The fourth-order valence-electron chi connectivity index (χ4n) is 1.80. The molecule has 0 aliphatic rings. The van der Waals surface area contributed by atoms with Crippen molar-refractivity contribution < 1.29 is 18.0 Å². The number of hydrogen-bond donors (Lipinski definition) is 1. The fourth-order valence-corrected chi connectivity index (χ4v) is 2.64. The first-order valence-corrected chi connectivity index (χ1v) is 7.62. The monoisotopic (exact) mass is 344 g/mol. The number of carbonyl (C=O) groups is 1. The average Bonchev–Trinajstić information content (AvgIpc) is 2.86. The van der Waals surface area contributed by atoms with Crippen LogP contribution in [0.3, 0.4) is 0 Å². The third kappa shape index (κ3) is 4.72. The van der Waals surface area contributed by atoms with E-state index >= 15 is 0 Å². The maximum Gasteiger partial charge on any atom is 0.405 e. The van der Waals surface area contributed by atoms with E-state index in [-0.39, 0.29) is 0 Å². The van der Waals surface area contributed by atoms with Crippen LogP contribution in [-0.2, 0) is 11.8 Å². The number of hydrogen-bond acceptors (Lipinski definition) is 4. The SMILES string of the molecule is C[C@@H](Sc1nnc(-c2ccccc2)n1C)C(=O)NCC(F)(F)F. The number of nitrogens with zero attached hydrogens (tertiary/aromatic N) is 3. The molecule has 1 amide bonds. The predicted molar refractivity (Wildman–Crippen MR) is 80.8 cm³/mol. The van der Waals surface area contributed by atoms with Gasteiger partial charge in [-0.3, -0.25) is 4.79 Å². The smallest absolute Gasteiger partial charge is 0.346 e. The van der Waals surface area contributed by atoms with Crippen LogP contribution < -0.4 is 5.32 Å². The van der Waals surface area contributed by atoms with Crippen molar-refractivity contribution in [2.75, 3.05) is 6.54 Å². The molecule has 5 nitrogen and oxygen atoms in total. The molecule has 0 radical (unpaired) electrons. The molecule has 0 aliphatic carbocycles. The van der Waals surface area contributed by atoms with Gasteiger partial charge in [0.05, 0.1) is 5.25 Å². The van der Waals surface area contributed by atoms with Crippen molar-refractivity contribution >= 4 is 17.7 Å². The lowest BCUT2D eigenvalue weighted by Crippen LogP contribution is -2.38. The molecule has 1 aromatic carbocycles. The summed E-state index contributed by atoms with van der Waals surface area (Å²) < 4.78 is 38.0. The zero-order valence-corrected chi connectivity index (χ0v) is 13.3. The first kappa shape index (κ1) is 17.3. The first-order valence-electron chi connectivity index (χ1n) is 6.74. The van der Waals surface area contributed by atoms with E-state index in [1.165, 1.54) is 6.92 Å². The van der Waals surface area contributed by atoms with Crippen LogP contribution in [0.1, 0.15) is 6.92 Å². The van der Waals surface area contributed by atoms with Crippen LogP contribution in [0.5, 0.6) is 0 Å². The van der Waals surface area contributed by atoms with Gasteiger partial charge in [0.1, 0.15) is 6.54 Å². The molecule has 0 unspecified atom stereocenters. The van der Waals surface area contributed by atoms with Gasteiger partial charge in [0.25, 0.3) is 0 Å². The number of alkyl halides is 3. The number of nitrogens with one attached hydrogen (secondary N) is 1. The van der Waals surface area contributed by atoms with Crippen molar-refractivity contribution in [3.63, 3.8) is 0 Å². The normalized spacial score (nSPS) is 12.9. The van der Waals surface area contributed by atoms with Gasteiger partial charge in [-0.15, -0.1) is 10.2 Å².